The zero-order valence-electron chi connectivity index (χ0n) is 18.8. The molecule has 1 saturated heterocycles. The second-order valence-corrected chi connectivity index (χ2v) is 8.89. The van der Waals surface area contributed by atoms with Crippen molar-refractivity contribution in [2.24, 2.45) is 0 Å². The standard InChI is InChI=1S/C25H26O9/c1-10(2)7-16(28)33-24-22(31)21(30)23(34-25(24)32)17-12-5-4-6-14(26)18(12)20(29)19-13(17)8-11(3)9-15(19)27/h4-9,17,21-27,30-32H,1-3H3/t17-,21-,22-,23+,24-,25-/m1/s1. The zero-order chi connectivity index (χ0) is 24.9. The average Bonchev–Trinajstić information content (AvgIpc) is 2.73. The van der Waals surface area contributed by atoms with Crippen molar-refractivity contribution < 1.29 is 44.6 Å². The largest absolute Gasteiger partial charge is 0.507 e. The van der Waals surface area contributed by atoms with Crippen molar-refractivity contribution >= 4 is 11.8 Å². The molecule has 2 aromatic rings. The number of fused-ring (bicyclic) bond motifs is 2. The van der Waals surface area contributed by atoms with Gasteiger partial charge in [-0.25, -0.2) is 4.79 Å². The van der Waals surface area contributed by atoms with Crippen LogP contribution < -0.4 is 0 Å². The molecule has 34 heavy (non-hydrogen) atoms. The minimum Gasteiger partial charge on any atom is -0.507 e. The van der Waals surface area contributed by atoms with Crippen LogP contribution in [-0.2, 0) is 14.3 Å². The van der Waals surface area contributed by atoms with Crippen LogP contribution in [0.1, 0.15) is 52.4 Å². The molecule has 4 rings (SSSR count). The molecular weight excluding hydrogens is 444 g/mol. The number of ether oxygens (including phenoxy) is 2. The molecule has 2 aliphatic rings. The molecule has 1 heterocycles. The lowest BCUT2D eigenvalue weighted by Crippen LogP contribution is -2.60. The number of aromatic hydroxyl groups is 2. The lowest BCUT2D eigenvalue weighted by atomic mass is 9.71. The van der Waals surface area contributed by atoms with Gasteiger partial charge in [-0.2, -0.15) is 0 Å². The summed E-state index contributed by atoms with van der Waals surface area (Å²) in [6, 6.07) is 7.45. The fourth-order valence-corrected chi connectivity index (χ4v) is 4.68. The summed E-state index contributed by atoms with van der Waals surface area (Å²) in [6.07, 6.45) is -6.87. The summed E-state index contributed by atoms with van der Waals surface area (Å²) < 4.78 is 10.8. The Bertz CT molecular complexity index is 1180. The maximum Gasteiger partial charge on any atom is 0.331 e. The molecule has 1 aliphatic carbocycles. The van der Waals surface area contributed by atoms with E-state index in [1.54, 1.807) is 32.9 Å². The third-order valence-electron chi connectivity index (χ3n) is 6.08. The van der Waals surface area contributed by atoms with Gasteiger partial charge in [-0.3, -0.25) is 4.79 Å². The molecule has 1 aliphatic heterocycles. The van der Waals surface area contributed by atoms with Gasteiger partial charge in [0.25, 0.3) is 0 Å². The van der Waals surface area contributed by atoms with Gasteiger partial charge in [0.05, 0.1) is 11.1 Å². The highest BCUT2D eigenvalue weighted by atomic mass is 16.7. The number of phenolic OH excluding ortho intramolecular Hbond substituents is 2. The Kier molecular flexibility index (Phi) is 6.22. The maximum atomic E-state index is 13.2. The predicted molar refractivity (Wildman–Crippen MR) is 118 cm³/mol. The number of carbonyl (C=O) groups excluding carboxylic acids is 2. The Balaban J connectivity index is 1.79. The highest BCUT2D eigenvalue weighted by Crippen LogP contribution is 2.47. The first-order chi connectivity index (χ1) is 16.0. The second-order valence-electron chi connectivity index (χ2n) is 8.89. The Labute approximate surface area is 195 Å². The highest BCUT2D eigenvalue weighted by Gasteiger charge is 2.51. The summed E-state index contributed by atoms with van der Waals surface area (Å²) in [7, 11) is 0. The SMILES string of the molecule is CC(C)=CC(=O)O[C@@H]1[C@H](O)[C@@H](O)[C@H]([C@@H]2c3cccc(O)c3C(=O)c3c(O)cc(C)cc32)O[C@H]1O. The van der Waals surface area contributed by atoms with Gasteiger partial charge < -0.3 is 35.0 Å². The van der Waals surface area contributed by atoms with E-state index < -0.39 is 48.4 Å². The topological polar surface area (TPSA) is 154 Å². The van der Waals surface area contributed by atoms with Crippen LogP contribution in [0.4, 0.5) is 0 Å². The number of hydrogen-bond donors (Lipinski definition) is 5. The lowest BCUT2D eigenvalue weighted by molar-refractivity contribution is -0.287. The predicted octanol–water partition coefficient (Wildman–Crippen LogP) is 1.40. The smallest absolute Gasteiger partial charge is 0.331 e. The van der Waals surface area contributed by atoms with Crippen LogP contribution in [-0.4, -0.2) is 68.0 Å². The number of allylic oxidation sites excluding steroid dienone is 1. The number of aryl methyl sites for hydroxylation is 1. The van der Waals surface area contributed by atoms with E-state index in [2.05, 4.69) is 0 Å². The molecule has 0 amide bonds. The summed E-state index contributed by atoms with van der Waals surface area (Å²) in [5.74, 6) is -3.00. The van der Waals surface area contributed by atoms with Crippen molar-refractivity contribution in [2.75, 3.05) is 0 Å². The Morgan fingerprint density at radius 1 is 1.00 bits per heavy atom. The van der Waals surface area contributed by atoms with E-state index in [0.29, 0.717) is 22.3 Å². The number of benzene rings is 2. The van der Waals surface area contributed by atoms with E-state index in [1.807, 2.05) is 0 Å². The molecule has 9 heteroatoms. The molecule has 0 unspecified atom stereocenters. The number of phenols is 2. The molecular formula is C25H26O9. The zero-order valence-corrected chi connectivity index (χ0v) is 18.8. The van der Waals surface area contributed by atoms with Crippen molar-refractivity contribution in [1.29, 1.82) is 0 Å². The van der Waals surface area contributed by atoms with E-state index in [-0.39, 0.29) is 22.6 Å². The lowest BCUT2D eigenvalue weighted by Gasteiger charge is -2.44. The normalized spacial score (nSPS) is 28.0. The van der Waals surface area contributed by atoms with Gasteiger partial charge in [-0.15, -0.1) is 0 Å². The van der Waals surface area contributed by atoms with Crippen LogP contribution in [0.2, 0.25) is 0 Å². The van der Waals surface area contributed by atoms with Gasteiger partial charge in [-0.05, 0) is 49.6 Å². The van der Waals surface area contributed by atoms with Crippen LogP contribution in [0, 0.1) is 6.92 Å². The van der Waals surface area contributed by atoms with Crippen LogP contribution in [0.5, 0.6) is 11.5 Å². The number of ketones is 1. The summed E-state index contributed by atoms with van der Waals surface area (Å²) in [5.41, 5.74) is 1.73. The number of rotatable bonds is 3. The summed E-state index contributed by atoms with van der Waals surface area (Å²) >= 11 is 0. The molecule has 0 aromatic heterocycles. The molecule has 5 N–H and O–H groups in total. The quantitative estimate of drug-likeness (QED) is 0.331. The highest BCUT2D eigenvalue weighted by molar-refractivity contribution is 6.16. The molecule has 0 saturated carbocycles. The number of carbonyl (C=O) groups is 2. The molecule has 9 nitrogen and oxygen atoms in total. The molecule has 1 fully saturated rings. The molecule has 0 spiro atoms. The average molecular weight is 470 g/mol. The van der Waals surface area contributed by atoms with Gasteiger partial charge in [-0.1, -0.05) is 23.8 Å². The Morgan fingerprint density at radius 2 is 1.68 bits per heavy atom. The summed E-state index contributed by atoms with van der Waals surface area (Å²) in [5, 5.41) is 53.3. The monoisotopic (exact) mass is 470 g/mol. The van der Waals surface area contributed by atoms with E-state index >= 15 is 0 Å². The third kappa shape index (κ3) is 3.97. The molecule has 0 bridgehead atoms. The molecule has 0 radical (unpaired) electrons. The minimum absolute atomic E-state index is 0.0681. The van der Waals surface area contributed by atoms with Crippen molar-refractivity contribution in [1.82, 2.24) is 0 Å². The van der Waals surface area contributed by atoms with Gasteiger partial charge in [0.15, 0.2) is 12.4 Å². The first kappa shape index (κ1) is 23.9. The number of aliphatic hydroxyl groups is 3. The number of esters is 1. The first-order valence-electron chi connectivity index (χ1n) is 10.8. The summed E-state index contributed by atoms with van der Waals surface area (Å²) in [6.45, 7) is 5.05. The van der Waals surface area contributed by atoms with Gasteiger partial charge >= 0.3 is 5.97 Å². The van der Waals surface area contributed by atoms with Crippen molar-refractivity contribution in [3.8, 4) is 11.5 Å². The number of hydrogen-bond acceptors (Lipinski definition) is 9. The minimum atomic E-state index is -1.79. The molecule has 6 atom stereocenters. The third-order valence-corrected chi connectivity index (χ3v) is 6.08. The van der Waals surface area contributed by atoms with Crippen LogP contribution >= 0.6 is 0 Å². The Morgan fingerprint density at radius 3 is 2.35 bits per heavy atom. The van der Waals surface area contributed by atoms with E-state index in [0.717, 1.165) is 0 Å². The van der Waals surface area contributed by atoms with E-state index in [4.69, 9.17) is 9.47 Å². The van der Waals surface area contributed by atoms with E-state index in [9.17, 15) is 35.1 Å². The molecule has 2 aromatic carbocycles. The van der Waals surface area contributed by atoms with Gasteiger partial charge in [0.2, 0.25) is 5.78 Å². The van der Waals surface area contributed by atoms with Crippen molar-refractivity contribution in [3.05, 3.63) is 69.8 Å². The fourth-order valence-electron chi connectivity index (χ4n) is 4.68. The fraction of sp³-hybridized carbons (Fsp3) is 0.360. The van der Waals surface area contributed by atoms with Crippen molar-refractivity contribution in [3.63, 3.8) is 0 Å². The number of aliphatic hydroxyl groups excluding tert-OH is 3. The second kappa shape index (κ2) is 8.84. The van der Waals surface area contributed by atoms with E-state index in [1.165, 1.54) is 24.3 Å². The van der Waals surface area contributed by atoms with Crippen LogP contribution in [0.3, 0.4) is 0 Å². The summed E-state index contributed by atoms with van der Waals surface area (Å²) in [4.78, 5) is 25.2. The Hall–Kier alpha value is -3.24. The van der Waals surface area contributed by atoms with Crippen LogP contribution in [0.15, 0.2) is 42.0 Å². The van der Waals surface area contributed by atoms with Crippen LogP contribution in [0.25, 0.3) is 0 Å². The molecule has 180 valence electrons. The maximum absolute atomic E-state index is 13.2. The van der Waals surface area contributed by atoms with Gasteiger partial charge in [0, 0.05) is 12.0 Å². The van der Waals surface area contributed by atoms with Crippen molar-refractivity contribution in [2.45, 2.75) is 57.4 Å². The van der Waals surface area contributed by atoms with Gasteiger partial charge in [0.1, 0.15) is 29.8 Å². The first-order valence-corrected chi connectivity index (χ1v) is 10.8.